The van der Waals surface area contributed by atoms with Gasteiger partial charge in [-0.05, 0) is 0 Å². The molecule has 2 rings (SSSR count). The fourth-order valence-electron chi connectivity index (χ4n) is 2.64. The van der Waals surface area contributed by atoms with Gasteiger partial charge in [0.05, 0.1) is 18.9 Å². The monoisotopic (exact) mass is 365 g/mol. The van der Waals surface area contributed by atoms with Crippen LogP contribution in [0.15, 0.2) is 12.0 Å². The maximum absolute atomic E-state index is 11.2. The molecule has 2 aliphatic heterocycles. The quantitative estimate of drug-likeness (QED) is 0.253. The fraction of sp³-hybridized carbons (Fsp3) is 0.786. The lowest BCUT2D eigenvalue weighted by molar-refractivity contribution is -0.324. The number of rotatable bonds is 5. The van der Waals surface area contributed by atoms with Crippen molar-refractivity contribution in [1.29, 1.82) is 0 Å². The average molecular weight is 365 g/mol. The Morgan fingerprint density at radius 2 is 1.76 bits per heavy atom. The van der Waals surface area contributed by atoms with Gasteiger partial charge in [-0.3, -0.25) is 4.79 Å². The molecule has 7 N–H and O–H groups in total. The van der Waals surface area contributed by atoms with Crippen molar-refractivity contribution in [1.82, 2.24) is 5.32 Å². The van der Waals surface area contributed by atoms with Gasteiger partial charge < -0.3 is 50.2 Å². The van der Waals surface area contributed by atoms with Gasteiger partial charge in [-0.15, -0.1) is 0 Å². The number of carbonyl (C=O) groups is 1. The van der Waals surface area contributed by atoms with E-state index in [1.165, 1.54) is 6.92 Å². The molecule has 2 heterocycles. The minimum absolute atomic E-state index is 0.0215. The van der Waals surface area contributed by atoms with Gasteiger partial charge in [-0.2, -0.15) is 0 Å². The average Bonchev–Trinajstić information content (AvgIpc) is 2.58. The zero-order chi connectivity index (χ0) is 18.7. The Kier molecular flexibility index (Phi) is 6.71. The van der Waals surface area contributed by atoms with Crippen LogP contribution in [-0.4, -0.2) is 98.8 Å². The van der Waals surface area contributed by atoms with Gasteiger partial charge in [0.2, 0.25) is 5.91 Å². The molecule has 0 bridgehead atoms. The van der Waals surface area contributed by atoms with Crippen LogP contribution in [-0.2, 0) is 19.0 Å². The van der Waals surface area contributed by atoms with Gasteiger partial charge in [0.1, 0.15) is 49.0 Å². The summed E-state index contributed by atoms with van der Waals surface area (Å²) in [5.74, 6) is -0.470. The Morgan fingerprint density at radius 1 is 1.12 bits per heavy atom. The van der Waals surface area contributed by atoms with Crippen LogP contribution in [0.1, 0.15) is 6.92 Å². The molecule has 0 saturated carbocycles. The Morgan fingerprint density at radius 3 is 2.32 bits per heavy atom. The predicted octanol–water partition coefficient (Wildman–Crippen LogP) is -4.10. The SMILES string of the molecule is CC(=O)NC1=CO[C@H](CO)[C@@H](O[C@@H]2O[C@H](CO)[C@H](O)[C@H](O)[C@H]2O)[C@@H]1O. The van der Waals surface area contributed by atoms with Crippen molar-refractivity contribution in [3.63, 3.8) is 0 Å². The van der Waals surface area contributed by atoms with Gasteiger partial charge in [0, 0.05) is 6.92 Å². The molecule has 11 nitrogen and oxygen atoms in total. The van der Waals surface area contributed by atoms with Crippen molar-refractivity contribution in [2.24, 2.45) is 0 Å². The second-order valence-corrected chi connectivity index (χ2v) is 5.85. The van der Waals surface area contributed by atoms with E-state index in [0.29, 0.717) is 0 Å². The van der Waals surface area contributed by atoms with Crippen LogP contribution < -0.4 is 5.32 Å². The van der Waals surface area contributed by atoms with Crippen LogP contribution in [0.3, 0.4) is 0 Å². The van der Waals surface area contributed by atoms with Crippen molar-refractivity contribution in [3.8, 4) is 0 Å². The fourth-order valence-corrected chi connectivity index (χ4v) is 2.64. The van der Waals surface area contributed by atoms with Crippen molar-refractivity contribution < 1.29 is 49.6 Å². The summed E-state index contributed by atoms with van der Waals surface area (Å²) in [6.45, 7) is 0.0249. The molecule has 0 radical (unpaired) electrons. The first-order valence-electron chi connectivity index (χ1n) is 7.68. The first-order valence-corrected chi connectivity index (χ1v) is 7.68. The highest BCUT2D eigenvalue weighted by Crippen LogP contribution is 2.27. The minimum atomic E-state index is -1.68. The van der Waals surface area contributed by atoms with Gasteiger partial charge >= 0.3 is 0 Å². The number of ether oxygens (including phenoxy) is 3. The lowest BCUT2D eigenvalue weighted by Gasteiger charge is -2.43. The van der Waals surface area contributed by atoms with E-state index in [1.54, 1.807) is 0 Å². The number of hydrogen-bond donors (Lipinski definition) is 7. The van der Waals surface area contributed by atoms with Crippen LogP contribution in [0.25, 0.3) is 0 Å². The summed E-state index contributed by atoms with van der Waals surface area (Å²) in [5.41, 5.74) is -0.0215. The zero-order valence-corrected chi connectivity index (χ0v) is 13.4. The number of carbonyl (C=O) groups excluding carboxylic acids is 1. The first-order chi connectivity index (χ1) is 11.8. The summed E-state index contributed by atoms with van der Waals surface area (Å²) in [7, 11) is 0. The van der Waals surface area contributed by atoms with Gasteiger partial charge in [0.15, 0.2) is 6.29 Å². The molecule has 0 aromatic carbocycles. The van der Waals surface area contributed by atoms with Gasteiger partial charge in [0.25, 0.3) is 0 Å². The molecule has 8 atom stereocenters. The largest absolute Gasteiger partial charge is 0.491 e. The molecule has 0 aromatic rings. The van der Waals surface area contributed by atoms with E-state index in [9.17, 15) is 35.4 Å². The van der Waals surface area contributed by atoms with E-state index in [4.69, 9.17) is 14.2 Å². The molecule has 1 saturated heterocycles. The molecule has 144 valence electrons. The molecule has 1 fully saturated rings. The molecule has 11 heteroatoms. The molecule has 25 heavy (non-hydrogen) atoms. The van der Waals surface area contributed by atoms with Crippen LogP contribution in [0.2, 0.25) is 0 Å². The summed E-state index contributed by atoms with van der Waals surface area (Å²) in [5, 5.41) is 60.8. The van der Waals surface area contributed by atoms with Crippen LogP contribution in [0, 0.1) is 0 Å². The molecule has 2 aliphatic rings. The highest BCUT2D eigenvalue weighted by Gasteiger charge is 2.47. The van der Waals surface area contributed by atoms with E-state index >= 15 is 0 Å². The van der Waals surface area contributed by atoms with E-state index in [-0.39, 0.29) is 5.70 Å². The summed E-state index contributed by atoms with van der Waals surface area (Å²) in [6, 6.07) is 0. The predicted molar refractivity (Wildman–Crippen MR) is 78.5 cm³/mol. The molecule has 1 amide bonds. The van der Waals surface area contributed by atoms with Crippen molar-refractivity contribution in [2.45, 2.75) is 55.9 Å². The van der Waals surface area contributed by atoms with Gasteiger partial charge in [-0.1, -0.05) is 0 Å². The third-order valence-corrected chi connectivity index (χ3v) is 4.01. The van der Waals surface area contributed by atoms with Crippen molar-refractivity contribution in [2.75, 3.05) is 13.2 Å². The summed E-state index contributed by atoms with van der Waals surface area (Å²) >= 11 is 0. The number of hydrogen-bond acceptors (Lipinski definition) is 10. The maximum atomic E-state index is 11.2. The summed E-state index contributed by atoms with van der Waals surface area (Å²) < 4.78 is 15.8. The maximum Gasteiger partial charge on any atom is 0.221 e. The molecule has 0 aromatic heterocycles. The molecular formula is C14H23NO10. The number of amides is 1. The lowest BCUT2D eigenvalue weighted by Crippen LogP contribution is -2.61. The smallest absolute Gasteiger partial charge is 0.221 e. The Balaban J connectivity index is 2.15. The zero-order valence-electron chi connectivity index (χ0n) is 13.4. The topological polar surface area (TPSA) is 178 Å². The van der Waals surface area contributed by atoms with Crippen LogP contribution in [0.4, 0.5) is 0 Å². The molecule has 0 aliphatic carbocycles. The Labute approximate surface area is 143 Å². The van der Waals surface area contributed by atoms with Gasteiger partial charge in [-0.25, -0.2) is 0 Å². The van der Waals surface area contributed by atoms with Crippen LogP contribution in [0.5, 0.6) is 0 Å². The molecule has 0 unspecified atom stereocenters. The highest BCUT2D eigenvalue weighted by molar-refractivity contribution is 5.75. The van der Waals surface area contributed by atoms with E-state index < -0.39 is 68.1 Å². The van der Waals surface area contributed by atoms with Crippen LogP contribution >= 0.6 is 0 Å². The Bertz CT molecular complexity index is 498. The van der Waals surface area contributed by atoms with Crippen molar-refractivity contribution in [3.05, 3.63) is 12.0 Å². The lowest BCUT2D eigenvalue weighted by atomic mass is 9.98. The second-order valence-electron chi connectivity index (χ2n) is 5.85. The van der Waals surface area contributed by atoms with E-state index in [0.717, 1.165) is 6.26 Å². The Hall–Kier alpha value is -1.31. The summed E-state index contributed by atoms with van der Waals surface area (Å²) in [4.78, 5) is 11.2. The number of aliphatic hydroxyl groups excluding tert-OH is 6. The third-order valence-electron chi connectivity index (χ3n) is 4.01. The number of nitrogens with one attached hydrogen (secondary N) is 1. The van der Waals surface area contributed by atoms with Crippen molar-refractivity contribution >= 4 is 5.91 Å². The standard InChI is InChI=1S/C14H23NO10/c1-5(18)15-6-4-23-8(3-17)13(9(6)19)25-14-12(22)11(21)10(20)7(2-16)24-14/h4,7-14,16-17,19-22H,2-3H2,1H3,(H,15,18)/t7-,8-,9-,10+,11+,12-,13-,14+/m1/s1. The van der Waals surface area contributed by atoms with E-state index in [2.05, 4.69) is 5.32 Å². The normalized spacial score (nSPS) is 41.6. The summed E-state index contributed by atoms with van der Waals surface area (Å²) in [6.07, 6.45) is -10.3. The van der Waals surface area contributed by atoms with E-state index in [1.807, 2.05) is 0 Å². The number of aliphatic hydroxyl groups is 6. The second kappa shape index (κ2) is 8.38. The molecular weight excluding hydrogens is 342 g/mol. The molecule has 0 spiro atoms. The highest BCUT2D eigenvalue weighted by atomic mass is 16.7. The third kappa shape index (κ3) is 4.27. The minimum Gasteiger partial charge on any atom is -0.491 e. The first kappa shape index (κ1) is 20.0.